The normalized spacial score (nSPS) is 50.2. The van der Waals surface area contributed by atoms with Crippen LogP contribution in [-0.4, -0.2) is 45.2 Å². The Bertz CT molecular complexity index is 916. The van der Waals surface area contributed by atoms with Gasteiger partial charge in [0.25, 0.3) is 0 Å². The lowest BCUT2D eigenvalue weighted by atomic mass is 9.41. The zero-order chi connectivity index (χ0) is 25.8. The summed E-state index contributed by atoms with van der Waals surface area (Å²) in [5, 5.41) is 31.9. The van der Waals surface area contributed by atoms with Crippen molar-refractivity contribution in [2.45, 2.75) is 124 Å². The SMILES string of the molecule is CC(C)(O)[C@H](O)[C@@H]1C[C@H]([C@@H]2CC[C@]3(C)C4=CC[C@H]5C(C)(C)C(=O)CC[C@]5(C)[C@H]4CC[C@@]23C)[C@H](O)O1. The van der Waals surface area contributed by atoms with Crippen LogP contribution in [0.5, 0.6) is 0 Å². The molecule has 3 saturated carbocycles. The van der Waals surface area contributed by atoms with Gasteiger partial charge in [0.1, 0.15) is 11.9 Å². The number of hydrogen-bond donors (Lipinski definition) is 3. The number of allylic oxidation sites excluding steroid dienone is 2. The topological polar surface area (TPSA) is 87.0 Å². The molecule has 198 valence electrons. The smallest absolute Gasteiger partial charge is 0.158 e. The molecule has 4 fully saturated rings. The number of fused-ring (bicyclic) bond motifs is 5. The van der Waals surface area contributed by atoms with E-state index >= 15 is 0 Å². The summed E-state index contributed by atoms with van der Waals surface area (Å²) in [6.07, 6.45) is 7.78. The lowest BCUT2D eigenvalue weighted by Crippen LogP contribution is -2.57. The summed E-state index contributed by atoms with van der Waals surface area (Å²) in [5.41, 5.74) is 0.409. The Morgan fingerprint density at radius 2 is 1.77 bits per heavy atom. The molecule has 5 rings (SSSR count). The number of aliphatic hydroxyl groups excluding tert-OH is 2. The molecule has 0 bridgehead atoms. The second-order valence-corrected chi connectivity index (χ2v) is 14.6. The van der Waals surface area contributed by atoms with Gasteiger partial charge in [0, 0.05) is 17.8 Å². The Morgan fingerprint density at radius 3 is 2.43 bits per heavy atom. The minimum absolute atomic E-state index is 0.0286. The van der Waals surface area contributed by atoms with Crippen LogP contribution in [0.3, 0.4) is 0 Å². The molecule has 5 aliphatic rings. The van der Waals surface area contributed by atoms with Crippen LogP contribution >= 0.6 is 0 Å². The third-order valence-electron chi connectivity index (χ3n) is 12.4. The minimum atomic E-state index is -1.26. The first-order valence-electron chi connectivity index (χ1n) is 14.0. The van der Waals surface area contributed by atoms with Gasteiger partial charge in [-0.25, -0.2) is 0 Å². The van der Waals surface area contributed by atoms with E-state index in [0.717, 1.165) is 38.5 Å². The third kappa shape index (κ3) is 3.43. The van der Waals surface area contributed by atoms with Crippen molar-refractivity contribution >= 4 is 5.78 Å². The highest BCUT2D eigenvalue weighted by Crippen LogP contribution is 2.73. The molecule has 10 atom stereocenters. The van der Waals surface area contributed by atoms with Gasteiger partial charge >= 0.3 is 0 Å². The van der Waals surface area contributed by atoms with Crippen molar-refractivity contribution in [3.8, 4) is 0 Å². The molecule has 0 aromatic carbocycles. The Balaban J connectivity index is 1.44. The highest BCUT2D eigenvalue weighted by atomic mass is 16.6. The molecule has 35 heavy (non-hydrogen) atoms. The van der Waals surface area contributed by atoms with Gasteiger partial charge in [-0.1, -0.05) is 46.3 Å². The fourth-order valence-electron chi connectivity index (χ4n) is 9.98. The maximum Gasteiger partial charge on any atom is 0.158 e. The van der Waals surface area contributed by atoms with Gasteiger partial charge in [0.2, 0.25) is 0 Å². The molecular weight excluding hydrogens is 440 g/mol. The van der Waals surface area contributed by atoms with Crippen LogP contribution < -0.4 is 0 Å². The number of hydrogen-bond acceptors (Lipinski definition) is 5. The second kappa shape index (κ2) is 7.88. The number of carbonyl (C=O) groups is 1. The highest BCUT2D eigenvalue weighted by Gasteiger charge is 2.66. The van der Waals surface area contributed by atoms with E-state index in [2.05, 4.69) is 40.7 Å². The summed E-state index contributed by atoms with van der Waals surface area (Å²) in [6.45, 7) is 14.9. The molecule has 0 amide bonds. The van der Waals surface area contributed by atoms with Crippen LogP contribution in [0.4, 0.5) is 0 Å². The molecule has 1 saturated heterocycles. The van der Waals surface area contributed by atoms with Crippen molar-refractivity contribution in [1.82, 2.24) is 0 Å². The van der Waals surface area contributed by atoms with Crippen molar-refractivity contribution in [3.05, 3.63) is 11.6 Å². The minimum Gasteiger partial charge on any atom is -0.388 e. The summed E-state index contributed by atoms with van der Waals surface area (Å²) < 4.78 is 5.86. The van der Waals surface area contributed by atoms with Gasteiger partial charge < -0.3 is 20.1 Å². The van der Waals surface area contributed by atoms with E-state index in [9.17, 15) is 20.1 Å². The lowest BCUT2D eigenvalue weighted by molar-refractivity contribution is -0.172. The largest absolute Gasteiger partial charge is 0.388 e. The van der Waals surface area contributed by atoms with Crippen molar-refractivity contribution in [2.24, 2.45) is 45.3 Å². The van der Waals surface area contributed by atoms with Crippen molar-refractivity contribution in [3.63, 3.8) is 0 Å². The number of rotatable bonds is 3. The zero-order valence-electron chi connectivity index (χ0n) is 22.9. The molecule has 0 aromatic heterocycles. The number of Topliss-reactive ketones (excluding diaryl/α,β-unsaturated/α-hetero) is 1. The first-order valence-corrected chi connectivity index (χ1v) is 14.0. The van der Waals surface area contributed by atoms with Gasteiger partial charge in [-0.05, 0) is 92.8 Å². The average Bonchev–Trinajstić information content (AvgIpc) is 3.26. The fraction of sp³-hybridized carbons (Fsp3) is 0.900. The Labute approximate surface area is 211 Å². The molecule has 0 unspecified atom stereocenters. The van der Waals surface area contributed by atoms with Gasteiger partial charge in [-0.15, -0.1) is 0 Å². The van der Waals surface area contributed by atoms with E-state index in [1.165, 1.54) is 0 Å². The zero-order valence-corrected chi connectivity index (χ0v) is 22.9. The molecule has 0 radical (unpaired) electrons. The quantitative estimate of drug-likeness (QED) is 0.486. The van der Waals surface area contributed by atoms with Gasteiger partial charge in [-0.2, -0.15) is 0 Å². The molecule has 0 aromatic rings. The fourth-order valence-corrected chi connectivity index (χ4v) is 9.98. The maximum atomic E-state index is 12.8. The van der Waals surface area contributed by atoms with Gasteiger partial charge in [-0.3, -0.25) is 4.79 Å². The molecule has 3 N–H and O–H groups in total. The van der Waals surface area contributed by atoms with Crippen LogP contribution in [0.2, 0.25) is 0 Å². The van der Waals surface area contributed by atoms with Gasteiger partial charge in [0.05, 0.1) is 11.7 Å². The van der Waals surface area contributed by atoms with Gasteiger partial charge in [0.15, 0.2) is 6.29 Å². The number of carbonyl (C=O) groups excluding carboxylic acids is 1. The predicted molar refractivity (Wildman–Crippen MR) is 135 cm³/mol. The van der Waals surface area contributed by atoms with E-state index in [1.807, 2.05) is 0 Å². The predicted octanol–water partition coefficient (Wildman–Crippen LogP) is 5.02. The van der Waals surface area contributed by atoms with Crippen LogP contribution in [-0.2, 0) is 9.53 Å². The first-order chi connectivity index (χ1) is 16.1. The summed E-state index contributed by atoms with van der Waals surface area (Å²) in [7, 11) is 0. The molecule has 4 aliphatic carbocycles. The molecule has 0 spiro atoms. The van der Waals surface area contributed by atoms with Crippen molar-refractivity contribution in [1.29, 1.82) is 0 Å². The van der Waals surface area contributed by atoms with Crippen LogP contribution in [0.15, 0.2) is 11.6 Å². The summed E-state index contributed by atoms with van der Waals surface area (Å²) in [5.74, 6) is 1.66. The van der Waals surface area contributed by atoms with Crippen LogP contribution in [0.1, 0.15) is 99.8 Å². The third-order valence-corrected chi connectivity index (χ3v) is 12.4. The number of ketones is 1. The van der Waals surface area contributed by atoms with E-state index < -0.39 is 24.1 Å². The van der Waals surface area contributed by atoms with Crippen molar-refractivity contribution in [2.75, 3.05) is 0 Å². The Morgan fingerprint density at radius 1 is 1.09 bits per heavy atom. The molecule has 1 heterocycles. The average molecular weight is 489 g/mol. The van der Waals surface area contributed by atoms with E-state index in [-0.39, 0.29) is 27.6 Å². The molecular formula is C30H48O5. The van der Waals surface area contributed by atoms with Crippen molar-refractivity contribution < 1.29 is 24.9 Å². The standard InChI is InChI=1S/C30H48O5/c1-26(2)22-9-8-20-19(28(22,5)13-12-23(26)31)11-15-29(6)18(10-14-30(20,29)7)17-16-21(35-25(17)33)24(32)27(3,4)34/h8,17-19,21-22,24-25,32-34H,9-16H2,1-7H3/t17-,18+,19+,21+,22+,24-,25-,28-,29+,30-/m1/s1. The first kappa shape index (κ1) is 25.9. The van der Waals surface area contributed by atoms with E-state index in [1.54, 1.807) is 19.4 Å². The lowest BCUT2D eigenvalue weighted by Gasteiger charge is -2.63. The maximum absolute atomic E-state index is 12.8. The summed E-state index contributed by atoms with van der Waals surface area (Å²) >= 11 is 0. The Hall–Kier alpha value is -0.750. The summed E-state index contributed by atoms with van der Waals surface area (Å²) in [4.78, 5) is 12.8. The van der Waals surface area contributed by atoms with Crippen LogP contribution in [0.25, 0.3) is 0 Å². The molecule has 5 heteroatoms. The van der Waals surface area contributed by atoms with Crippen LogP contribution in [0, 0.1) is 45.3 Å². The summed E-state index contributed by atoms with van der Waals surface area (Å²) in [6, 6.07) is 0. The highest BCUT2D eigenvalue weighted by molar-refractivity contribution is 5.85. The monoisotopic (exact) mass is 488 g/mol. The van der Waals surface area contributed by atoms with E-state index in [0.29, 0.717) is 36.4 Å². The van der Waals surface area contributed by atoms with E-state index in [4.69, 9.17) is 4.74 Å². The number of aliphatic hydroxyl groups is 3. The second-order valence-electron chi connectivity index (χ2n) is 14.6. The Kier molecular flexibility index (Phi) is 5.83. The number of ether oxygens (including phenoxy) is 1. The molecule has 5 nitrogen and oxygen atoms in total. The molecule has 1 aliphatic heterocycles.